The molecule has 19 heavy (non-hydrogen) atoms. The molecule has 1 N–H and O–H groups in total. The van der Waals surface area contributed by atoms with Crippen LogP contribution in [0.2, 0.25) is 0 Å². The van der Waals surface area contributed by atoms with Crippen molar-refractivity contribution in [2.75, 3.05) is 0 Å². The van der Waals surface area contributed by atoms with Gasteiger partial charge in [-0.2, -0.15) is 0 Å². The average molecular weight is 256 g/mol. The van der Waals surface area contributed by atoms with Crippen molar-refractivity contribution in [2.24, 2.45) is 5.92 Å². The summed E-state index contributed by atoms with van der Waals surface area (Å²) in [5.41, 5.74) is 2.60. The first-order chi connectivity index (χ1) is 9.15. The Kier molecular flexibility index (Phi) is 2.96. The van der Waals surface area contributed by atoms with E-state index in [1.54, 1.807) is 6.07 Å². The second-order valence-corrected chi connectivity index (χ2v) is 5.86. The van der Waals surface area contributed by atoms with E-state index in [0.29, 0.717) is 30.3 Å². The number of ketones is 1. The molecule has 0 saturated heterocycles. The van der Waals surface area contributed by atoms with Gasteiger partial charge in [0.05, 0.1) is 0 Å². The first kappa shape index (κ1) is 12.5. The fourth-order valence-electron chi connectivity index (χ4n) is 4.00. The third-order valence-electron chi connectivity index (χ3n) is 4.84. The number of hydrogen-bond donors (Lipinski definition) is 1. The van der Waals surface area contributed by atoms with Crippen LogP contribution in [0.25, 0.3) is 0 Å². The van der Waals surface area contributed by atoms with Gasteiger partial charge in [0, 0.05) is 18.3 Å². The molecule has 2 nitrogen and oxygen atoms in total. The highest BCUT2D eigenvalue weighted by molar-refractivity contribution is 5.80. The highest BCUT2D eigenvalue weighted by Gasteiger charge is 2.45. The lowest BCUT2D eigenvalue weighted by Crippen LogP contribution is -2.42. The molecule has 2 aliphatic carbocycles. The van der Waals surface area contributed by atoms with Crippen molar-refractivity contribution in [1.82, 2.24) is 0 Å². The summed E-state index contributed by atoms with van der Waals surface area (Å²) in [6.45, 7) is 2.05. The summed E-state index contributed by atoms with van der Waals surface area (Å²) in [4.78, 5) is 11.8. The van der Waals surface area contributed by atoms with E-state index < -0.39 is 0 Å². The van der Waals surface area contributed by atoms with Crippen LogP contribution in [0.4, 0.5) is 0 Å². The Labute approximate surface area is 114 Å². The van der Waals surface area contributed by atoms with E-state index in [1.807, 2.05) is 6.07 Å². The molecule has 1 aromatic carbocycles. The second-order valence-electron chi connectivity index (χ2n) is 5.86. The van der Waals surface area contributed by atoms with Crippen molar-refractivity contribution >= 4 is 5.78 Å². The normalized spacial score (nSPS) is 30.2. The minimum Gasteiger partial charge on any atom is -0.508 e. The number of benzene rings is 1. The standard InChI is InChI=1S/C17H20O2/c1-2-8-17-9-7-15(19)11-13(17)4-3-12-10-14(18)5-6-16(12)17/h2,5-6,8,10,13,18H,3-4,7,9,11H2,1H3/b8-2+/t13-,17-/m1/s1. The molecule has 2 atom stereocenters. The molecule has 0 unspecified atom stereocenters. The smallest absolute Gasteiger partial charge is 0.133 e. The maximum absolute atomic E-state index is 11.8. The number of aromatic hydroxyl groups is 1. The van der Waals surface area contributed by atoms with Gasteiger partial charge in [-0.3, -0.25) is 4.79 Å². The van der Waals surface area contributed by atoms with Gasteiger partial charge in [0.1, 0.15) is 11.5 Å². The first-order valence-electron chi connectivity index (χ1n) is 7.13. The van der Waals surface area contributed by atoms with Crippen LogP contribution in [-0.4, -0.2) is 10.9 Å². The molecule has 0 amide bonds. The zero-order valence-electron chi connectivity index (χ0n) is 11.4. The summed E-state index contributed by atoms with van der Waals surface area (Å²) < 4.78 is 0. The minimum atomic E-state index is 0.0178. The number of allylic oxidation sites excluding steroid dienone is 2. The van der Waals surface area contributed by atoms with Crippen molar-refractivity contribution in [3.8, 4) is 5.75 Å². The monoisotopic (exact) mass is 256 g/mol. The van der Waals surface area contributed by atoms with Crippen LogP contribution in [0.1, 0.15) is 43.7 Å². The van der Waals surface area contributed by atoms with Crippen molar-refractivity contribution < 1.29 is 9.90 Å². The van der Waals surface area contributed by atoms with Gasteiger partial charge in [0.15, 0.2) is 0 Å². The molecule has 0 spiro atoms. The Bertz CT molecular complexity index is 544. The molecule has 0 radical (unpaired) electrons. The molecule has 100 valence electrons. The summed E-state index contributed by atoms with van der Waals surface area (Å²) in [5.74, 6) is 1.19. The average Bonchev–Trinajstić information content (AvgIpc) is 2.39. The first-order valence-corrected chi connectivity index (χ1v) is 7.13. The number of carbonyl (C=O) groups is 1. The number of aryl methyl sites for hydroxylation is 1. The van der Waals surface area contributed by atoms with Gasteiger partial charge in [-0.25, -0.2) is 0 Å². The molecule has 2 heteroatoms. The number of carbonyl (C=O) groups excluding carboxylic acids is 1. The number of Topliss-reactive ketones (excluding diaryl/α,β-unsaturated/α-hetero) is 1. The Morgan fingerprint density at radius 1 is 1.37 bits per heavy atom. The van der Waals surface area contributed by atoms with Crippen LogP contribution in [0.5, 0.6) is 5.75 Å². The number of hydrogen-bond acceptors (Lipinski definition) is 2. The lowest BCUT2D eigenvalue weighted by molar-refractivity contribution is -0.123. The van der Waals surface area contributed by atoms with Gasteiger partial charge >= 0.3 is 0 Å². The molecule has 3 rings (SSSR count). The highest BCUT2D eigenvalue weighted by atomic mass is 16.3. The van der Waals surface area contributed by atoms with Crippen LogP contribution < -0.4 is 0 Å². The van der Waals surface area contributed by atoms with Crippen LogP contribution in [0, 0.1) is 5.92 Å². The topological polar surface area (TPSA) is 37.3 Å². The maximum Gasteiger partial charge on any atom is 0.133 e. The molecule has 1 fully saturated rings. The number of fused-ring (bicyclic) bond motifs is 3. The molecule has 2 aliphatic rings. The van der Waals surface area contributed by atoms with Crippen LogP contribution >= 0.6 is 0 Å². The summed E-state index contributed by atoms with van der Waals surface area (Å²) in [5, 5.41) is 9.67. The van der Waals surface area contributed by atoms with E-state index in [4.69, 9.17) is 0 Å². The highest BCUT2D eigenvalue weighted by Crippen LogP contribution is 2.50. The second kappa shape index (κ2) is 4.52. The minimum absolute atomic E-state index is 0.0178. The number of phenols is 1. The number of rotatable bonds is 1. The van der Waals surface area contributed by atoms with Gasteiger partial charge in [-0.05, 0) is 55.4 Å². The molecule has 0 aromatic heterocycles. The molecular formula is C17H20O2. The van der Waals surface area contributed by atoms with Crippen molar-refractivity contribution in [3.05, 3.63) is 41.5 Å². The van der Waals surface area contributed by atoms with Crippen LogP contribution in [0.3, 0.4) is 0 Å². The van der Waals surface area contributed by atoms with Crippen molar-refractivity contribution in [2.45, 2.75) is 44.4 Å². The van der Waals surface area contributed by atoms with Crippen molar-refractivity contribution in [1.29, 1.82) is 0 Å². The zero-order valence-corrected chi connectivity index (χ0v) is 11.4. The zero-order chi connectivity index (χ0) is 13.5. The number of phenolic OH excluding ortho intramolecular Hbond substituents is 1. The Morgan fingerprint density at radius 2 is 2.21 bits per heavy atom. The molecule has 0 aliphatic heterocycles. The largest absolute Gasteiger partial charge is 0.508 e. The van der Waals surface area contributed by atoms with E-state index in [2.05, 4.69) is 25.1 Å². The lowest BCUT2D eigenvalue weighted by Gasteiger charge is -2.46. The molecule has 1 saturated carbocycles. The van der Waals surface area contributed by atoms with E-state index in [1.165, 1.54) is 11.1 Å². The third kappa shape index (κ3) is 1.90. The fraction of sp³-hybridized carbons (Fsp3) is 0.471. The predicted octanol–water partition coefficient (Wildman–Crippen LogP) is 3.52. The van der Waals surface area contributed by atoms with Gasteiger partial charge in [0.25, 0.3) is 0 Å². The van der Waals surface area contributed by atoms with Crippen molar-refractivity contribution in [3.63, 3.8) is 0 Å². The Hall–Kier alpha value is -1.57. The van der Waals surface area contributed by atoms with Crippen LogP contribution in [-0.2, 0) is 16.6 Å². The molecular weight excluding hydrogens is 236 g/mol. The maximum atomic E-state index is 11.8. The summed E-state index contributed by atoms with van der Waals surface area (Å²) >= 11 is 0. The van der Waals surface area contributed by atoms with E-state index in [9.17, 15) is 9.90 Å². The van der Waals surface area contributed by atoms with E-state index in [-0.39, 0.29) is 5.41 Å². The third-order valence-corrected chi connectivity index (χ3v) is 4.84. The SMILES string of the molecule is C/C=C/[C@@]12CCC(=O)C[C@H]1CCc1cc(O)ccc12. The lowest BCUT2D eigenvalue weighted by atomic mass is 9.57. The van der Waals surface area contributed by atoms with Gasteiger partial charge in [-0.15, -0.1) is 0 Å². The van der Waals surface area contributed by atoms with Crippen LogP contribution in [0.15, 0.2) is 30.4 Å². The fourth-order valence-corrected chi connectivity index (χ4v) is 4.00. The summed E-state index contributed by atoms with van der Waals surface area (Å²) in [7, 11) is 0. The van der Waals surface area contributed by atoms with Gasteiger partial charge < -0.3 is 5.11 Å². The summed E-state index contributed by atoms with van der Waals surface area (Å²) in [6.07, 6.45) is 8.74. The molecule has 1 aromatic rings. The molecule has 0 bridgehead atoms. The quantitative estimate of drug-likeness (QED) is 0.781. The van der Waals surface area contributed by atoms with E-state index in [0.717, 1.165) is 19.3 Å². The molecule has 0 heterocycles. The van der Waals surface area contributed by atoms with Gasteiger partial charge in [-0.1, -0.05) is 18.2 Å². The van der Waals surface area contributed by atoms with E-state index >= 15 is 0 Å². The summed E-state index contributed by atoms with van der Waals surface area (Å²) in [6, 6.07) is 5.74. The Balaban J connectivity index is 2.14. The Morgan fingerprint density at radius 3 is 3.00 bits per heavy atom. The predicted molar refractivity (Wildman–Crippen MR) is 75.3 cm³/mol. The van der Waals surface area contributed by atoms with Gasteiger partial charge in [0.2, 0.25) is 0 Å².